The summed E-state index contributed by atoms with van der Waals surface area (Å²) < 4.78 is 5.34. The summed E-state index contributed by atoms with van der Waals surface area (Å²) in [4.78, 5) is 14.2. The first-order valence-corrected chi connectivity index (χ1v) is 7.15. The van der Waals surface area contributed by atoms with Crippen LogP contribution < -0.4 is 0 Å². The quantitative estimate of drug-likeness (QED) is 0.710. The van der Waals surface area contributed by atoms with Crippen molar-refractivity contribution in [3.05, 3.63) is 53.5 Å². The van der Waals surface area contributed by atoms with Crippen LogP contribution in [0.5, 0.6) is 0 Å². The first-order chi connectivity index (χ1) is 9.63. The molecule has 0 bridgehead atoms. The van der Waals surface area contributed by atoms with Crippen molar-refractivity contribution in [3.63, 3.8) is 0 Å². The Morgan fingerprint density at radius 1 is 1.35 bits per heavy atom. The van der Waals surface area contributed by atoms with E-state index in [1.54, 1.807) is 24.8 Å². The van der Waals surface area contributed by atoms with Gasteiger partial charge in [-0.25, -0.2) is 4.79 Å². The van der Waals surface area contributed by atoms with E-state index < -0.39 is 5.97 Å². The molecule has 2 heterocycles. The molecule has 0 aliphatic heterocycles. The molecule has 0 spiro atoms. The number of nitrogens with one attached hydrogen (secondary N) is 1. The Morgan fingerprint density at radius 2 is 2.15 bits per heavy atom. The zero-order valence-corrected chi connectivity index (χ0v) is 11.7. The summed E-state index contributed by atoms with van der Waals surface area (Å²) in [6, 6.07) is 11.9. The van der Waals surface area contributed by atoms with Gasteiger partial charge in [-0.2, -0.15) is 0 Å². The number of carboxylic acids is 1. The highest BCUT2D eigenvalue weighted by Crippen LogP contribution is 2.27. The zero-order chi connectivity index (χ0) is 14.1. The van der Waals surface area contributed by atoms with E-state index in [0.717, 1.165) is 15.9 Å². The van der Waals surface area contributed by atoms with Crippen molar-refractivity contribution in [1.82, 2.24) is 4.98 Å². The smallest absolute Gasteiger partial charge is 0.372 e. The molecule has 5 heteroatoms. The first-order valence-electron chi connectivity index (χ1n) is 6.16. The number of furan rings is 1. The first kappa shape index (κ1) is 12.9. The summed E-state index contributed by atoms with van der Waals surface area (Å²) in [5.41, 5.74) is 1.75. The Kier molecular flexibility index (Phi) is 3.28. The van der Waals surface area contributed by atoms with Gasteiger partial charge < -0.3 is 14.5 Å². The zero-order valence-electron chi connectivity index (χ0n) is 10.8. The fourth-order valence-electron chi connectivity index (χ4n) is 2.10. The van der Waals surface area contributed by atoms with E-state index in [2.05, 4.69) is 17.1 Å². The molecular weight excluding hydrogens is 274 g/mol. The number of carbonyl (C=O) groups is 1. The molecule has 102 valence electrons. The lowest BCUT2D eigenvalue weighted by atomic mass is 10.3. The second kappa shape index (κ2) is 5.09. The molecule has 0 amide bonds. The number of rotatable bonds is 4. The van der Waals surface area contributed by atoms with E-state index in [1.807, 2.05) is 18.2 Å². The second-order valence-corrected chi connectivity index (χ2v) is 5.56. The van der Waals surface area contributed by atoms with Crippen LogP contribution in [0.2, 0.25) is 0 Å². The summed E-state index contributed by atoms with van der Waals surface area (Å²) in [5, 5.41) is 11.2. The van der Waals surface area contributed by atoms with Gasteiger partial charge in [0.15, 0.2) is 0 Å². The highest BCUT2D eigenvalue weighted by atomic mass is 32.2. The van der Waals surface area contributed by atoms with Gasteiger partial charge in [-0.05, 0) is 25.1 Å². The number of aromatic carboxylic acids is 1. The number of hydrogen-bond donors (Lipinski definition) is 2. The summed E-state index contributed by atoms with van der Waals surface area (Å²) in [5.74, 6) is 0.270. The van der Waals surface area contributed by atoms with Gasteiger partial charge >= 0.3 is 5.97 Å². The summed E-state index contributed by atoms with van der Waals surface area (Å²) in [7, 11) is 0. The van der Waals surface area contributed by atoms with Crippen molar-refractivity contribution < 1.29 is 14.3 Å². The van der Waals surface area contributed by atoms with E-state index in [1.165, 1.54) is 0 Å². The summed E-state index contributed by atoms with van der Waals surface area (Å²) in [6.07, 6.45) is 0. The Morgan fingerprint density at radius 3 is 2.85 bits per heavy atom. The van der Waals surface area contributed by atoms with Crippen LogP contribution in [0.1, 0.15) is 21.9 Å². The molecule has 2 N–H and O–H groups in total. The molecule has 0 aliphatic rings. The van der Waals surface area contributed by atoms with E-state index in [0.29, 0.717) is 17.1 Å². The maximum atomic E-state index is 10.9. The maximum Gasteiger partial charge on any atom is 0.372 e. The van der Waals surface area contributed by atoms with Gasteiger partial charge in [0.2, 0.25) is 5.76 Å². The standard InChI is InChI=1S/C15H13NO3S/c1-9-6-11(19-14(9)15(17)18)8-20-13-7-10-4-2-3-5-12(10)16-13/h2-7,16H,8H2,1H3,(H,17,18). The van der Waals surface area contributed by atoms with Crippen molar-refractivity contribution in [2.24, 2.45) is 0 Å². The Balaban J connectivity index is 1.76. The largest absolute Gasteiger partial charge is 0.475 e. The average molecular weight is 287 g/mol. The molecule has 0 radical (unpaired) electrons. The molecule has 0 atom stereocenters. The van der Waals surface area contributed by atoms with Crippen LogP contribution in [-0.4, -0.2) is 16.1 Å². The molecule has 0 saturated carbocycles. The lowest BCUT2D eigenvalue weighted by Crippen LogP contribution is -1.94. The second-order valence-electron chi connectivity index (χ2n) is 4.54. The number of hydrogen-bond acceptors (Lipinski definition) is 3. The van der Waals surface area contributed by atoms with E-state index in [9.17, 15) is 4.79 Å². The Labute approximate surface area is 119 Å². The van der Waals surface area contributed by atoms with Gasteiger partial charge in [0.25, 0.3) is 0 Å². The van der Waals surface area contributed by atoms with Gasteiger partial charge in [0, 0.05) is 16.5 Å². The number of fused-ring (bicyclic) bond motifs is 1. The van der Waals surface area contributed by atoms with E-state index in [4.69, 9.17) is 9.52 Å². The van der Waals surface area contributed by atoms with Gasteiger partial charge in [0.05, 0.1) is 10.8 Å². The molecular formula is C15H13NO3S. The van der Waals surface area contributed by atoms with Gasteiger partial charge in [-0.1, -0.05) is 18.2 Å². The van der Waals surface area contributed by atoms with Gasteiger partial charge in [0.1, 0.15) is 5.76 Å². The number of para-hydroxylation sites is 1. The summed E-state index contributed by atoms with van der Waals surface area (Å²) in [6.45, 7) is 1.74. The minimum absolute atomic E-state index is 0.0252. The Bertz CT molecular complexity index is 739. The molecule has 3 aromatic rings. The number of H-pyrrole nitrogens is 1. The van der Waals surface area contributed by atoms with Crippen molar-refractivity contribution in [1.29, 1.82) is 0 Å². The molecule has 0 fully saturated rings. The number of benzene rings is 1. The molecule has 1 aromatic carbocycles. The van der Waals surface area contributed by atoms with Crippen LogP contribution >= 0.6 is 11.8 Å². The van der Waals surface area contributed by atoms with Crippen LogP contribution in [0.4, 0.5) is 0 Å². The monoisotopic (exact) mass is 287 g/mol. The summed E-state index contributed by atoms with van der Waals surface area (Å²) >= 11 is 1.59. The molecule has 0 saturated heterocycles. The van der Waals surface area contributed by atoms with Gasteiger partial charge in [-0.15, -0.1) is 11.8 Å². The topological polar surface area (TPSA) is 66.2 Å². The molecule has 0 unspecified atom stereocenters. The SMILES string of the molecule is Cc1cc(CSc2cc3ccccc3[nH]2)oc1C(=O)O. The highest BCUT2D eigenvalue weighted by Gasteiger charge is 2.14. The molecule has 2 aromatic heterocycles. The number of aromatic nitrogens is 1. The van der Waals surface area contributed by atoms with Gasteiger partial charge in [-0.3, -0.25) is 0 Å². The number of thioether (sulfide) groups is 1. The minimum atomic E-state index is -1.02. The third-order valence-electron chi connectivity index (χ3n) is 3.04. The number of carboxylic acid groups (broad SMARTS) is 1. The van der Waals surface area contributed by atoms with E-state index >= 15 is 0 Å². The predicted octanol–water partition coefficient (Wildman–Crippen LogP) is 4.06. The van der Waals surface area contributed by atoms with Crippen molar-refractivity contribution in [2.45, 2.75) is 17.7 Å². The lowest BCUT2D eigenvalue weighted by molar-refractivity contribution is 0.0659. The maximum absolute atomic E-state index is 10.9. The third kappa shape index (κ3) is 2.44. The lowest BCUT2D eigenvalue weighted by Gasteiger charge is -1.95. The normalized spacial score (nSPS) is 11.1. The fourth-order valence-corrected chi connectivity index (χ4v) is 2.94. The number of aryl methyl sites for hydroxylation is 1. The van der Waals surface area contributed by atoms with Crippen LogP contribution in [0.3, 0.4) is 0 Å². The average Bonchev–Trinajstić information content (AvgIpc) is 2.99. The fraction of sp³-hybridized carbons (Fsp3) is 0.133. The van der Waals surface area contributed by atoms with Crippen molar-refractivity contribution in [3.8, 4) is 0 Å². The van der Waals surface area contributed by atoms with E-state index in [-0.39, 0.29) is 5.76 Å². The van der Waals surface area contributed by atoms with Crippen molar-refractivity contribution >= 4 is 28.6 Å². The number of aromatic amines is 1. The predicted molar refractivity (Wildman–Crippen MR) is 78.3 cm³/mol. The molecule has 4 nitrogen and oxygen atoms in total. The third-order valence-corrected chi connectivity index (χ3v) is 4.00. The Hall–Kier alpha value is -2.14. The minimum Gasteiger partial charge on any atom is -0.475 e. The molecule has 0 aliphatic carbocycles. The van der Waals surface area contributed by atoms with Crippen LogP contribution in [0.15, 0.2) is 45.8 Å². The molecule has 20 heavy (non-hydrogen) atoms. The van der Waals surface area contributed by atoms with Crippen molar-refractivity contribution in [2.75, 3.05) is 0 Å². The van der Waals surface area contributed by atoms with Crippen LogP contribution in [-0.2, 0) is 5.75 Å². The highest BCUT2D eigenvalue weighted by molar-refractivity contribution is 7.98. The van der Waals surface area contributed by atoms with Crippen LogP contribution in [0.25, 0.3) is 10.9 Å². The van der Waals surface area contributed by atoms with Crippen LogP contribution in [0, 0.1) is 6.92 Å². The molecule has 3 rings (SSSR count).